The van der Waals surface area contributed by atoms with Gasteiger partial charge in [-0.1, -0.05) is 69.3 Å². The molecule has 0 unspecified atom stereocenters. The highest BCUT2D eigenvalue weighted by atomic mass is 14.2. The Hall–Kier alpha value is -1.82. The maximum atomic E-state index is 2.32. The quantitative estimate of drug-likeness (QED) is 0.499. The fraction of sp³-hybridized carbons (Fsp3) is 0.300. The Morgan fingerprint density at radius 1 is 0.750 bits per heavy atom. The first-order chi connectivity index (χ1) is 9.54. The molecule has 0 fully saturated rings. The molecule has 0 spiro atoms. The van der Waals surface area contributed by atoms with Crippen molar-refractivity contribution in [2.75, 3.05) is 0 Å². The van der Waals surface area contributed by atoms with Crippen LogP contribution in [0.1, 0.15) is 32.8 Å². The molecular formula is C20H22. The molecule has 0 amide bonds. The summed E-state index contributed by atoms with van der Waals surface area (Å²) in [4.78, 5) is 0. The van der Waals surface area contributed by atoms with E-state index in [9.17, 15) is 0 Å². The number of benzene rings is 3. The van der Waals surface area contributed by atoms with Crippen LogP contribution in [0.4, 0.5) is 0 Å². The molecule has 0 saturated carbocycles. The lowest BCUT2D eigenvalue weighted by Gasteiger charge is -2.19. The fourth-order valence-electron chi connectivity index (χ4n) is 2.88. The minimum absolute atomic E-state index is 0.373. The largest absolute Gasteiger partial charge is 0.0616 e. The zero-order valence-corrected chi connectivity index (χ0v) is 12.6. The van der Waals surface area contributed by atoms with Crippen molar-refractivity contribution in [1.82, 2.24) is 0 Å². The lowest BCUT2D eigenvalue weighted by molar-refractivity contribution is 0.379. The SMILES string of the molecule is CC(C)(C)CCc1c2ccccc2cc2ccccc12. The molecule has 0 heterocycles. The molecule has 0 aromatic heterocycles. The average molecular weight is 262 g/mol. The molecule has 102 valence electrons. The van der Waals surface area contributed by atoms with Gasteiger partial charge in [0, 0.05) is 0 Å². The van der Waals surface area contributed by atoms with Gasteiger partial charge in [-0.15, -0.1) is 0 Å². The number of fused-ring (bicyclic) bond motifs is 2. The third-order valence-corrected chi connectivity index (χ3v) is 4.01. The van der Waals surface area contributed by atoms with Crippen molar-refractivity contribution in [1.29, 1.82) is 0 Å². The Morgan fingerprint density at radius 3 is 1.75 bits per heavy atom. The molecule has 0 heteroatoms. The van der Waals surface area contributed by atoms with Gasteiger partial charge in [0.05, 0.1) is 0 Å². The number of hydrogen-bond acceptors (Lipinski definition) is 0. The summed E-state index contributed by atoms with van der Waals surface area (Å²) in [6, 6.07) is 19.8. The third-order valence-electron chi connectivity index (χ3n) is 4.01. The van der Waals surface area contributed by atoms with Crippen molar-refractivity contribution in [3.63, 3.8) is 0 Å². The van der Waals surface area contributed by atoms with E-state index < -0.39 is 0 Å². The van der Waals surface area contributed by atoms with Gasteiger partial charge in [0.2, 0.25) is 0 Å². The minimum Gasteiger partial charge on any atom is -0.0616 e. The van der Waals surface area contributed by atoms with Gasteiger partial charge in [0.1, 0.15) is 0 Å². The first-order valence-corrected chi connectivity index (χ1v) is 7.44. The van der Waals surface area contributed by atoms with Crippen molar-refractivity contribution >= 4 is 21.5 Å². The highest BCUT2D eigenvalue weighted by Gasteiger charge is 2.13. The first kappa shape index (κ1) is 13.2. The second-order valence-electron chi connectivity index (χ2n) is 6.86. The highest BCUT2D eigenvalue weighted by molar-refractivity contribution is 6.02. The van der Waals surface area contributed by atoms with Gasteiger partial charge in [0.15, 0.2) is 0 Å². The van der Waals surface area contributed by atoms with E-state index in [2.05, 4.69) is 75.4 Å². The molecule has 3 rings (SSSR count). The van der Waals surface area contributed by atoms with Gasteiger partial charge in [0.25, 0.3) is 0 Å². The molecule has 0 aliphatic carbocycles. The second-order valence-corrected chi connectivity index (χ2v) is 6.86. The molecule has 0 atom stereocenters. The molecular weight excluding hydrogens is 240 g/mol. The minimum atomic E-state index is 0.373. The summed E-state index contributed by atoms with van der Waals surface area (Å²) >= 11 is 0. The van der Waals surface area contributed by atoms with Crippen molar-refractivity contribution < 1.29 is 0 Å². The monoisotopic (exact) mass is 262 g/mol. The molecule has 3 aromatic rings. The van der Waals surface area contributed by atoms with Crippen LogP contribution in [0.15, 0.2) is 54.6 Å². The maximum Gasteiger partial charge on any atom is -0.0146 e. The van der Waals surface area contributed by atoms with Gasteiger partial charge in [-0.2, -0.15) is 0 Å². The Labute approximate surface area is 121 Å². The van der Waals surface area contributed by atoms with Crippen LogP contribution < -0.4 is 0 Å². The highest BCUT2D eigenvalue weighted by Crippen LogP contribution is 2.31. The van der Waals surface area contributed by atoms with E-state index >= 15 is 0 Å². The predicted octanol–water partition coefficient (Wildman–Crippen LogP) is 5.97. The van der Waals surface area contributed by atoms with Crippen LogP contribution in [0.25, 0.3) is 21.5 Å². The van der Waals surface area contributed by atoms with Gasteiger partial charge < -0.3 is 0 Å². The van der Waals surface area contributed by atoms with Crippen LogP contribution in [-0.4, -0.2) is 0 Å². The summed E-state index contributed by atoms with van der Waals surface area (Å²) in [5, 5.41) is 5.54. The van der Waals surface area contributed by atoms with Crippen molar-refractivity contribution in [2.24, 2.45) is 5.41 Å². The van der Waals surface area contributed by atoms with Crippen molar-refractivity contribution in [3.05, 3.63) is 60.2 Å². The van der Waals surface area contributed by atoms with Crippen LogP contribution in [0.5, 0.6) is 0 Å². The van der Waals surface area contributed by atoms with Crippen LogP contribution in [0.2, 0.25) is 0 Å². The lowest BCUT2D eigenvalue weighted by Crippen LogP contribution is -2.06. The standard InChI is InChI=1S/C20H22/c1-20(2,3)13-12-19-17-10-6-4-8-15(17)14-16-9-5-7-11-18(16)19/h4-11,14H,12-13H2,1-3H3. The molecule has 3 aromatic carbocycles. The summed E-state index contributed by atoms with van der Waals surface area (Å²) in [5.41, 5.74) is 1.88. The topological polar surface area (TPSA) is 0 Å². The Kier molecular flexibility index (Phi) is 3.25. The molecule has 0 saturated heterocycles. The zero-order chi connectivity index (χ0) is 14.2. The Balaban J connectivity index is 2.22. The van der Waals surface area contributed by atoms with E-state index in [-0.39, 0.29) is 0 Å². The van der Waals surface area contributed by atoms with Gasteiger partial charge >= 0.3 is 0 Å². The summed E-state index contributed by atoms with van der Waals surface area (Å²) in [6.07, 6.45) is 2.36. The average Bonchev–Trinajstić information content (AvgIpc) is 2.42. The predicted molar refractivity (Wildman–Crippen MR) is 89.2 cm³/mol. The van der Waals surface area contributed by atoms with Crippen molar-refractivity contribution in [3.8, 4) is 0 Å². The normalized spacial score (nSPS) is 12.2. The van der Waals surface area contributed by atoms with Gasteiger partial charge in [-0.25, -0.2) is 0 Å². The molecule has 0 N–H and O–H groups in total. The van der Waals surface area contributed by atoms with Gasteiger partial charge in [-0.05, 0) is 51.4 Å². The Morgan fingerprint density at radius 2 is 1.25 bits per heavy atom. The van der Waals surface area contributed by atoms with E-state index in [0.717, 1.165) is 6.42 Å². The van der Waals surface area contributed by atoms with E-state index in [0.29, 0.717) is 5.41 Å². The van der Waals surface area contributed by atoms with Crippen LogP contribution in [0.3, 0.4) is 0 Å². The molecule has 0 aliphatic rings. The third kappa shape index (κ3) is 2.56. The molecule has 20 heavy (non-hydrogen) atoms. The first-order valence-electron chi connectivity index (χ1n) is 7.44. The second kappa shape index (κ2) is 4.94. The lowest BCUT2D eigenvalue weighted by atomic mass is 9.86. The molecule has 0 radical (unpaired) electrons. The summed E-state index contributed by atoms with van der Waals surface area (Å²) < 4.78 is 0. The molecule has 0 bridgehead atoms. The fourth-order valence-corrected chi connectivity index (χ4v) is 2.88. The summed E-state index contributed by atoms with van der Waals surface area (Å²) in [6.45, 7) is 6.96. The maximum absolute atomic E-state index is 2.32. The van der Waals surface area contributed by atoms with E-state index in [1.165, 1.54) is 33.5 Å². The number of rotatable bonds is 2. The van der Waals surface area contributed by atoms with Crippen molar-refractivity contribution in [2.45, 2.75) is 33.6 Å². The van der Waals surface area contributed by atoms with E-state index in [4.69, 9.17) is 0 Å². The summed E-state index contributed by atoms with van der Waals surface area (Å²) in [7, 11) is 0. The number of hydrogen-bond donors (Lipinski definition) is 0. The Bertz CT molecular complexity index is 691. The van der Waals surface area contributed by atoms with Crippen LogP contribution in [-0.2, 0) is 6.42 Å². The van der Waals surface area contributed by atoms with E-state index in [1.807, 2.05) is 0 Å². The summed E-state index contributed by atoms with van der Waals surface area (Å²) in [5.74, 6) is 0. The zero-order valence-electron chi connectivity index (χ0n) is 12.6. The molecule has 0 nitrogen and oxygen atoms in total. The van der Waals surface area contributed by atoms with Gasteiger partial charge in [-0.3, -0.25) is 0 Å². The van der Waals surface area contributed by atoms with Crippen LogP contribution >= 0.6 is 0 Å². The number of aryl methyl sites for hydroxylation is 1. The molecule has 0 aliphatic heterocycles. The van der Waals surface area contributed by atoms with Crippen LogP contribution in [0, 0.1) is 5.41 Å². The van der Waals surface area contributed by atoms with E-state index in [1.54, 1.807) is 0 Å². The smallest absolute Gasteiger partial charge is 0.0146 e.